The smallest absolute Gasteiger partial charge is 0.231 e. The highest BCUT2D eigenvalue weighted by Crippen LogP contribution is 2.32. The molecule has 1 unspecified atom stereocenters. The minimum absolute atomic E-state index is 0. The predicted octanol–water partition coefficient (Wildman–Crippen LogP) is 3.21. The van der Waals surface area contributed by atoms with E-state index in [1.807, 2.05) is 18.2 Å². The van der Waals surface area contributed by atoms with Crippen molar-refractivity contribution in [3.05, 3.63) is 23.8 Å². The molecule has 1 aromatic carbocycles. The van der Waals surface area contributed by atoms with Crippen molar-refractivity contribution in [2.45, 2.75) is 39.7 Å². The molecule has 0 spiro atoms. The molecule has 3 rings (SSSR count). The molecule has 2 aliphatic heterocycles. The van der Waals surface area contributed by atoms with Crippen LogP contribution in [0.15, 0.2) is 23.2 Å². The zero-order valence-electron chi connectivity index (χ0n) is 16.5. The summed E-state index contributed by atoms with van der Waals surface area (Å²) >= 11 is 0. The quantitative estimate of drug-likeness (QED) is 0.267. The third-order valence-corrected chi connectivity index (χ3v) is 4.89. The van der Waals surface area contributed by atoms with E-state index in [1.54, 1.807) is 0 Å². The highest BCUT2D eigenvalue weighted by molar-refractivity contribution is 14.0. The van der Waals surface area contributed by atoms with E-state index in [0.29, 0.717) is 13.3 Å². The van der Waals surface area contributed by atoms with Crippen molar-refractivity contribution in [3.8, 4) is 11.5 Å². The molecule has 0 bridgehead atoms. The van der Waals surface area contributed by atoms with Crippen LogP contribution < -0.4 is 20.1 Å². The number of ether oxygens (including phenoxy) is 2. The van der Waals surface area contributed by atoms with Gasteiger partial charge in [-0.3, -0.25) is 0 Å². The number of halogens is 1. The standard InChI is InChI=1S/C20H32N4O2.HI/c1-3-21-20(22-9-5-11-24-10-4-6-16(2)14-24)23-13-17-7-8-18-19(12-17)26-15-25-18;/h7-8,12,16H,3-6,9-11,13-15H2,1-2H3,(H2,21,22,23);1H. The lowest BCUT2D eigenvalue weighted by Gasteiger charge is -2.30. The van der Waals surface area contributed by atoms with Gasteiger partial charge in [0.1, 0.15) is 0 Å². The summed E-state index contributed by atoms with van der Waals surface area (Å²) in [5, 5.41) is 6.77. The molecule has 1 aromatic rings. The Labute approximate surface area is 180 Å². The molecule has 152 valence electrons. The zero-order chi connectivity index (χ0) is 18.2. The minimum atomic E-state index is 0. The topological polar surface area (TPSA) is 58.1 Å². The molecular formula is C20H33IN4O2. The van der Waals surface area contributed by atoms with Gasteiger partial charge in [-0.15, -0.1) is 24.0 Å². The lowest BCUT2D eigenvalue weighted by Crippen LogP contribution is -2.40. The van der Waals surface area contributed by atoms with Crippen molar-refractivity contribution in [2.24, 2.45) is 10.9 Å². The van der Waals surface area contributed by atoms with Gasteiger partial charge in [0, 0.05) is 19.6 Å². The Hall–Kier alpha value is -1.22. The van der Waals surface area contributed by atoms with Crippen molar-refractivity contribution in [1.82, 2.24) is 15.5 Å². The summed E-state index contributed by atoms with van der Waals surface area (Å²) in [6.07, 6.45) is 3.86. The summed E-state index contributed by atoms with van der Waals surface area (Å²) in [5.41, 5.74) is 1.12. The number of piperidine rings is 1. The van der Waals surface area contributed by atoms with Crippen LogP contribution in [0, 0.1) is 5.92 Å². The Bertz CT molecular complexity index is 612. The Kier molecular flexibility index (Phi) is 9.47. The molecule has 2 N–H and O–H groups in total. The van der Waals surface area contributed by atoms with Gasteiger partial charge in [-0.1, -0.05) is 13.0 Å². The summed E-state index contributed by atoms with van der Waals surface area (Å²) in [7, 11) is 0. The molecule has 7 heteroatoms. The van der Waals surface area contributed by atoms with Gasteiger partial charge in [-0.25, -0.2) is 4.99 Å². The molecule has 0 saturated carbocycles. The van der Waals surface area contributed by atoms with Crippen molar-refractivity contribution < 1.29 is 9.47 Å². The number of nitrogens with one attached hydrogen (secondary N) is 2. The summed E-state index contributed by atoms with van der Waals surface area (Å²) in [6, 6.07) is 6.00. The van der Waals surface area contributed by atoms with Crippen LogP contribution in [0.5, 0.6) is 11.5 Å². The molecule has 1 fully saturated rings. The van der Waals surface area contributed by atoms with E-state index >= 15 is 0 Å². The number of fused-ring (bicyclic) bond motifs is 1. The number of rotatable bonds is 7. The Morgan fingerprint density at radius 3 is 2.93 bits per heavy atom. The van der Waals surface area contributed by atoms with Crippen LogP contribution >= 0.6 is 24.0 Å². The molecule has 27 heavy (non-hydrogen) atoms. The summed E-state index contributed by atoms with van der Waals surface area (Å²) in [6.45, 7) is 10.8. The molecule has 0 amide bonds. The van der Waals surface area contributed by atoms with E-state index in [-0.39, 0.29) is 24.0 Å². The maximum atomic E-state index is 5.43. The molecule has 0 aliphatic carbocycles. The number of hydrogen-bond acceptors (Lipinski definition) is 4. The van der Waals surface area contributed by atoms with Gasteiger partial charge in [0.25, 0.3) is 0 Å². The first-order chi connectivity index (χ1) is 12.7. The van der Waals surface area contributed by atoms with Crippen molar-refractivity contribution in [2.75, 3.05) is 39.5 Å². The number of aliphatic imine (C=N–C) groups is 1. The van der Waals surface area contributed by atoms with Gasteiger partial charge in [0.15, 0.2) is 17.5 Å². The Balaban J connectivity index is 0.00000261. The summed E-state index contributed by atoms with van der Waals surface area (Å²) in [5.74, 6) is 3.34. The number of guanidine groups is 1. The highest BCUT2D eigenvalue weighted by atomic mass is 127. The van der Waals surface area contributed by atoms with Gasteiger partial charge in [0.05, 0.1) is 6.54 Å². The summed E-state index contributed by atoms with van der Waals surface area (Å²) < 4.78 is 10.8. The molecule has 0 radical (unpaired) electrons. The number of likely N-dealkylation sites (tertiary alicyclic amines) is 1. The largest absolute Gasteiger partial charge is 0.454 e. The molecule has 1 saturated heterocycles. The SMILES string of the molecule is CCNC(=NCc1ccc2c(c1)OCO2)NCCCN1CCCC(C)C1.I. The van der Waals surface area contributed by atoms with Crippen molar-refractivity contribution in [1.29, 1.82) is 0 Å². The van der Waals surface area contributed by atoms with E-state index in [2.05, 4.69) is 29.4 Å². The van der Waals surface area contributed by atoms with Gasteiger partial charge in [-0.2, -0.15) is 0 Å². The van der Waals surface area contributed by atoms with Crippen LogP contribution in [-0.4, -0.2) is 50.4 Å². The minimum Gasteiger partial charge on any atom is -0.454 e. The van der Waals surface area contributed by atoms with Crippen LogP contribution in [0.1, 0.15) is 38.7 Å². The normalized spacial score (nSPS) is 19.5. The van der Waals surface area contributed by atoms with E-state index in [9.17, 15) is 0 Å². The maximum Gasteiger partial charge on any atom is 0.231 e. The monoisotopic (exact) mass is 488 g/mol. The van der Waals surface area contributed by atoms with Gasteiger partial charge in [-0.05, 0) is 62.9 Å². The van der Waals surface area contributed by atoms with Crippen LogP contribution in [0.4, 0.5) is 0 Å². The van der Waals surface area contributed by atoms with Gasteiger partial charge in [0.2, 0.25) is 6.79 Å². The van der Waals surface area contributed by atoms with Gasteiger partial charge >= 0.3 is 0 Å². The molecular weight excluding hydrogens is 455 g/mol. The molecule has 1 atom stereocenters. The third-order valence-electron chi connectivity index (χ3n) is 4.89. The van der Waals surface area contributed by atoms with Crippen molar-refractivity contribution in [3.63, 3.8) is 0 Å². The summed E-state index contributed by atoms with van der Waals surface area (Å²) in [4.78, 5) is 7.28. The Morgan fingerprint density at radius 2 is 2.11 bits per heavy atom. The van der Waals surface area contributed by atoms with E-state index < -0.39 is 0 Å². The predicted molar refractivity (Wildman–Crippen MR) is 120 cm³/mol. The number of hydrogen-bond donors (Lipinski definition) is 2. The first-order valence-electron chi connectivity index (χ1n) is 9.87. The first-order valence-corrected chi connectivity index (χ1v) is 9.87. The number of benzene rings is 1. The fourth-order valence-corrected chi connectivity index (χ4v) is 3.55. The lowest BCUT2D eigenvalue weighted by molar-refractivity contribution is 0.174. The average molecular weight is 488 g/mol. The second kappa shape index (κ2) is 11.6. The van der Waals surface area contributed by atoms with E-state index in [0.717, 1.165) is 48.5 Å². The molecule has 2 heterocycles. The Morgan fingerprint density at radius 1 is 1.26 bits per heavy atom. The second-order valence-electron chi connectivity index (χ2n) is 7.21. The van der Waals surface area contributed by atoms with Crippen LogP contribution in [0.25, 0.3) is 0 Å². The van der Waals surface area contributed by atoms with Crippen molar-refractivity contribution >= 4 is 29.9 Å². The fraction of sp³-hybridized carbons (Fsp3) is 0.650. The van der Waals surface area contributed by atoms with E-state index in [4.69, 9.17) is 14.5 Å². The average Bonchev–Trinajstić information content (AvgIpc) is 3.11. The second-order valence-corrected chi connectivity index (χ2v) is 7.21. The molecule has 6 nitrogen and oxygen atoms in total. The van der Waals surface area contributed by atoms with Crippen LogP contribution in [-0.2, 0) is 6.54 Å². The first kappa shape index (κ1) is 22.1. The van der Waals surface area contributed by atoms with Gasteiger partial charge < -0.3 is 25.0 Å². The number of nitrogens with zero attached hydrogens (tertiary/aromatic N) is 2. The zero-order valence-corrected chi connectivity index (χ0v) is 18.8. The van der Waals surface area contributed by atoms with E-state index in [1.165, 1.54) is 32.5 Å². The fourth-order valence-electron chi connectivity index (χ4n) is 3.55. The maximum absolute atomic E-state index is 5.43. The third kappa shape index (κ3) is 7.03. The molecule has 0 aromatic heterocycles. The van der Waals surface area contributed by atoms with Crippen LogP contribution in [0.2, 0.25) is 0 Å². The van der Waals surface area contributed by atoms with Crippen LogP contribution in [0.3, 0.4) is 0 Å². The highest BCUT2D eigenvalue weighted by Gasteiger charge is 2.15. The molecule has 2 aliphatic rings. The lowest BCUT2D eigenvalue weighted by atomic mass is 10.0.